The maximum absolute atomic E-state index is 12.4. The van der Waals surface area contributed by atoms with Crippen molar-refractivity contribution in [2.75, 3.05) is 0 Å². The predicted octanol–water partition coefficient (Wildman–Crippen LogP) is 0.752. The smallest absolute Gasteiger partial charge is 0.265 e. The number of nitrogens with zero attached hydrogens (tertiary/aromatic N) is 5. The molecule has 0 saturated heterocycles. The highest BCUT2D eigenvalue weighted by molar-refractivity contribution is 7.08. The molecule has 1 fully saturated rings. The Bertz CT molecular complexity index is 646. The Kier molecular flexibility index (Phi) is 2.76. The van der Waals surface area contributed by atoms with Gasteiger partial charge in [-0.25, -0.2) is 9.67 Å². The monoisotopic (exact) mass is 290 g/mol. The lowest BCUT2D eigenvalue weighted by Gasteiger charge is -2.23. The van der Waals surface area contributed by atoms with Crippen molar-refractivity contribution in [3.8, 4) is 0 Å². The van der Waals surface area contributed by atoms with Crippen LogP contribution in [0.15, 0.2) is 6.33 Å². The van der Waals surface area contributed by atoms with Gasteiger partial charge in [-0.15, -0.1) is 5.10 Å². The van der Waals surface area contributed by atoms with Crippen molar-refractivity contribution in [2.45, 2.75) is 44.2 Å². The van der Waals surface area contributed by atoms with Gasteiger partial charge < -0.3 is 5.32 Å². The van der Waals surface area contributed by atoms with Crippen molar-refractivity contribution in [3.05, 3.63) is 22.7 Å². The highest BCUT2D eigenvalue weighted by Gasteiger charge is 2.32. The van der Waals surface area contributed by atoms with Crippen molar-refractivity contribution in [1.82, 2.24) is 29.7 Å². The summed E-state index contributed by atoms with van der Waals surface area (Å²) in [5.74, 6) is 1.40. The van der Waals surface area contributed by atoms with Gasteiger partial charge in [0.1, 0.15) is 17.0 Å². The average Bonchev–Trinajstić information content (AvgIpc) is 3.01. The Morgan fingerprint density at radius 1 is 1.40 bits per heavy atom. The first-order valence-corrected chi connectivity index (χ1v) is 7.58. The summed E-state index contributed by atoms with van der Waals surface area (Å²) in [5, 5.41) is 11.3. The van der Waals surface area contributed by atoms with Crippen LogP contribution >= 0.6 is 11.5 Å². The van der Waals surface area contributed by atoms with E-state index in [9.17, 15) is 4.79 Å². The molecule has 2 aromatic rings. The van der Waals surface area contributed by atoms with Gasteiger partial charge >= 0.3 is 0 Å². The Morgan fingerprint density at radius 3 is 3.15 bits per heavy atom. The van der Waals surface area contributed by atoms with Crippen LogP contribution in [-0.2, 0) is 13.0 Å². The zero-order chi connectivity index (χ0) is 13.5. The molecule has 0 radical (unpaired) electrons. The van der Waals surface area contributed by atoms with Crippen LogP contribution in [0.5, 0.6) is 0 Å². The summed E-state index contributed by atoms with van der Waals surface area (Å²) >= 11 is 1.19. The third-order valence-corrected chi connectivity index (χ3v) is 4.56. The maximum Gasteiger partial charge on any atom is 0.265 e. The fourth-order valence-corrected chi connectivity index (χ4v) is 3.24. The molecule has 0 spiro atoms. The molecule has 1 aliphatic heterocycles. The zero-order valence-corrected chi connectivity index (χ0v) is 11.6. The summed E-state index contributed by atoms with van der Waals surface area (Å²) in [6.07, 6.45) is 5.56. The number of amides is 1. The summed E-state index contributed by atoms with van der Waals surface area (Å²) in [5.41, 5.74) is 0.879. The average molecular weight is 290 g/mol. The molecule has 1 aliphatic carbocycles. The lowest BCUT2D eigenvalue weighted by Crippen LogP contribution is -2.41. The predicted molar refractivity (Wildman–Crippen MR) is 71.5 cm³/mol. The summed E-state index contributed by atoms with van der Waals surface area (Å²) in [6, 6.07) is 0.103. The molecule has 2 aromatic heterocycles. The number of hydrogen-bond acceptors (Lipinski definition) is 6. The second kappa shape index (κ2) is 4.62. The molecular weight excluding hydrogens is 276 g/mol. The summed E-state index contributed by atoms with van der Waals surface area (Å²) in [4.78, 5) is 17.2. The van der Waals surface area contributed by atoms with Gasteiger partial charge in [0.2, 0.25) is 0 Å². The number of aromatic nitrogens is 5. The normalized spacial score (nSPS) is 21.5. The summed E-state index contributed by atoms with van der Waals surface area (Å²) in [6.45, 7) is 0.687. The highest BCUT2D eigenvalue weighted by Crippen LogP contribution is 2.41. The molecule has 1 atom stereocenters. The first-order chi connectivity index (χ1) is 9.81. The molecule has 2 aliphatic rings. The Hall–Kier alpha value is -1.83. The number of fused-ring (bicyclic) bond motifs is 1. The first-order valence-electron chi connectivity index (χ1n) is 6.81. The van der Waals surface area contributed by atoms with Gasteiger partial charge in [0.15, 0.2) is 0 Å². The molecule has 8 heteroatoms. The SMILES string of the molecule is O=C(NC1CCc2ncnn2C1)c1snnc1C1CC1. The Morgan fingerprint density at radius 2 is 2.30 bits per heavy atom. The molecule has 0 aromatic carbocycles. The van der Waals surface area contributed by atoms with Gasteiger partial charge in [0.25, 0.3) is 5.91 Å². The van der Waals surface area contributed by atoms with Crippen molar-refractivity contribution in [1.29, 1.82) is 0 Å². The van der Waals surface area contributed by atoms with E-state index in [4.69, 9.17) is 0 Å². The number of rotatable bonds is 3. The number of hydrogen-bond donors (Lipinski definition) is 1. The molecule has 20 heavy (non-hydrogen) atoms. The molecule has 104 valence electrons. The van der Waals surface area contributed by atoms with E-state index in [0.717, 1.165) is 37.2 Å². The summed E-state index contributed by atoms with van der Waals surface area (Å²) < 4.78 is 5.79. The Labute approximate surface area is 119 Å². The van der Waals surface area contributed by atoms with Crippen LogP contribution in [0.25, 0.3) is 0 Å². The number of carbonyl (C=O) groups is 1. The second-order valence-corrected chi connectivity index (χ2v) is 6.08. The van der Waals surface area contributed by atoms with Gasteiger partial charge in [0, 0.05) is 18.4 Å². The standard InChI is InChI=1S/C12H14N6OS/c19-12(11-10(7-1-2-7)16-17-20-11)15-8-3-4-9-13-6-14-18(9)5-8/h6-8H,1-5H2,(H,15,19). The van der Waals surface area contributed by atoms with E-state index >= 15 is 0 Å². The van der Waals surface area contributed by atoms with Gasteiger partial charge in [-0.1, -0.05) is 4.49 Å². The minimum Gasteiger partial charge on any atom is -0.347 e. The van der Waals surface area contributed by atoms with E-state index in [2.05, 4.69) is 25.0 Å². The molecule has 1 saturated carbocycles. The Balaban J connectivity index is 1.46. The van der Waals surface area contributed by atoms with Crippen molar-refractivity contribution >= 4 is 17.4 Å². The molecular formula is C12H14N6OS. The molecule has 3 heterocycles. The van der Waals surface area contributed by atoms with Crippen LogP contribution in [0.3, 0.4) is 0 Å². The lowest BCUT2D eigenvalue weighted by atomic mass is 10.1. The number of aryl methyl sites for hydroxylation is 1. The molecule has 0 bridgehead atoms. The van der Waals surface area contributed by atoms with Gasteiger partial charge in [-0.2, -0.15) is 5.10 Å². The van der Waals surface area contributed by atoms with Crippen molar-refractivity contribution < 1.29 is 4.79 Å². The minimum atomic E-state index is -0.0459. The van der Waals surface area contributed by atoms with E-state index in [1.54, 1.807) is 6.33 Å². The zero-order valence-electron chi connectivity index (χ0n) is 10.8. The van der Waals surface area contributed by atoms with E-state index in [0.29, 0.717) is 17.3 Å². The lowest BCUT2D eigenvalue weighted by molar-refractivity contribution is 0.0929. The van der Waals surface area contributed by atoms with E-state index in [-0.39, 0.29) is 11.9 Å². The van der Waals surface area contributed by atoms with Crippen molar-refractivity contribution in [2.24, 2.45) is 0 Å². The fraction of sp³-hybridized carbons (Fsp3) is 0.583. The minimum absolute atomic E-state index is 0.0459. The molecule has 1 amide bonds. The highest BCUT2D eigenvalue weighted by atomic mass is 32.1. The fourth-order valence-electron chi connectivity index (χ4n) is 2.59. The molecule has 1 unspecified atom stereocenters. The van der Waals surface area contributed by atoms with Crippen LogP contribution in [0.1, 0.15) is 46.4 Å². The van der Waals surface area contributed by atoms with Crippen molar-refractivity contribution in [3.63, 3.8) is 0 Å². The van der Waals surface area contributed by atoms with Crippen LogP contribution in [0.2, 0.25) is 0 Å². The molecule has 7 nitrogen and oxygen atoms in total. The van der Waals surface area contributed by atoms with Crippen LogP contribution in [0, 0.1) is 0 Å². The summed E-state index contributed by atoms with van der Waals surface area (Å²) in [7, 11) is 0. The topological polar surface area (TPSA) is 85.6 Å². The third kappa shape index (κ3) is 2.09. The van der Waals surface area contributed by atoms with Crippen LogP contribution in [0.4, 0.5) is 0 Å². The number of carbonyl (C=O) groups excluding carboxylic acids is 1. The third-order valence-electron chi connectivity index (χ3n) is 3.82. The van der Waals surface area contributed by atoms with Gasteiger partial charge in [-0.3, -0.25) is 4.79 Å². The first kappa shape index (κ1) is 12.0. The maximum atomic E-state index is 12.4. The molecule has 1 N–H and O–H groups in total. The van der Waals surface area contributed by atoms with E-state index < -0.39 is 0 Å². The van der Waals surface area contributed by atoms with Gasteiger partial charge in [0.05, 0.1) is 12.2 Å². The largest absolute Gasteiger partial charge is 0.347 e. The quantitative estimate of drug-likeness (QED) is 0.901. The number of nitrogens with one attached hydrogen (secondary N) is 1. The van der Waals surface area contributed by atoms with Gasteiger partial charge in [-0.05, 0) is 30.8 Å². The van der Waals surface area contributed by atoms with E-state index in [1.807, 2.05) is 4.68 Å². The van der Waals surface area contributed by atoms with Crippen LogP contribution in [-0.4, -0.2) is 36.3 Å². The second-order valence-electron chi connectivity index (χ2n) is 5.33. The van der Waals surface area contributed by atoms with Crippen LogP contribution < -0.4 is 5.32 Å². The molecule has 4 rings (SSSR count). The van der Waals surface area contributed by atoms with E-state index in [1.165, 1.54) is 11.5 Å².